The number of aryl methyl sites for hydroxylation is 3. The predicted molar refractivity (Wildman–Crippen MR) is 130 cm³/mol. The summed E-state index contributed by atoms with van der Waals surface area (Å²) in [6.07, 6.45) is 6.35. The zero-order valence-corrected chi connectivity index (χ0v) is 19.7. The van der Waals surface area contributed by atoms with Gasteiger partial charge >= 0.3 is 0 Å². The number of carbonyl (C=O) groups excluding carboxylic acids is 1. The molecule has 31 heavy (non-hydrogen) atoms. The highest BCUT2D eigenvalue weighted by atomic mass is 32.2. The van der Waals surface area contributed by atoms with Gasteiger partial charge < -0.3 is 4.57 Å². The quantitative estimate of drug-likeness (QED) is 0.311. The lowest BCUT2D eigenvalue weighted by molar-refractivity contribution is 0.0986. The lowest BCUT2D eigenvalue weighted by Gasteiger charge is -2.20. The third-order valence-corrected chi connectivity index (χ3v) is 7.28. The molecular weight excluding hydrogens is 424 g/mol. The van der Waals surface area contributed by atoms with Gasteiger partial charge in [-0.25, -0.2) is 9.97 Å². The molecule has 0 fully saturated rings. The summed E-state index contributed by atoms with van der Waals surface area (Å²) in [7, 11) is 0. The van der Waals surface area contributed by atoms with Gasteiger partial charge in [0.15, 0.2) is 5.13 Å². The molecule has 0 saturated carbocycles. The fourth-order valence-corrected chi connectivity index (χ4v) is 5.29. The molecule has 4 rings (SSSR count). The van der Waals surface area contributed by atoms with Crippen molar-refractivity contribution >= 4 is 44.4 Å². The first kappa shape index (κ1) is 21.6. The van der Waals surface area contributed by atoms with Crippen LogP contribution in [0.3, 0.4) is 0 Å². The molecule has 0 aliphatic heterocycles. The van der Waals surface area contributed by atoms with Crippen LogP contribution in [0.25, 0.3) is 10.2 Å². The van der Waals surface area contributed by atoms with Gasteiger partial charge in [0.1, 0.15) is 0 Å². The second kappa shape index (κ2) is 9.66. The molecular formula is C24H26N4OS2. The lowest BCUT2D eigenvalue weighted by Crippen LogP contribution is -2.32. The number of benzene rings is 2. The van der Waals surface area contributed by atoms with E-state index < -0.39 is 0 Å². The molecule has 0 spiro atoms. The average Bonchev–Trinajstić information content (AvgIpc) is 3.45. The van der Waals surface area contributed by atoms with Gasteiger partial charge in [0.25, 0.3) is 5.91 Å². The van der Waals surface area contributed by atoms with Crippen molar-refractivity contribution in [1.29, 1.82) is 0 Å². The van der Waals surface area contributed by atoms with E-state index in [0.717, 1.165) is 39.6 Å². The number of rotatable bonds is 8. The van der Waals surface area contributed by atoms with Crippen LogP contribution in [0.4, 0.5) is 5.13 Å². The number of hydrogen-bond acceptors (Lipinski definition) is 5. The number of imidazole rings is 1. The zero-order chi connectivity index (χ0) is 21.8. The van der Waals surface area contributed by atoms with E-state index in [1.165, 1.54) is 10.5 Å². The van der Waals surface area contributed by atoms with E-state index in [1.807, 2.05) is 39.9 Å². The van der Waals surface area contributed by atoms with Crippen LogP contribution < -0.4 is 4.90 Å². The SMILES string of the molecule is CCSc1ccc(C(=O)N(CCCn2ccnc2)c2nc3c(C)ccc(C)c3s2)cc1. The Labute approximate surface area is 191 Å². The number of amides is 1. The summed E-state index contributed by atoms with van der Waals surface area (Å²) < 4.78 is 3.18. The van der Waals surface area contributed by atoms with Gasteiger partial charge in [-0.05, 0) is 61.4 Å². The van der Waals surface area contributed by atoms with E-state index in [0.29, 0.717) is 12.1 Å². The Hall–Kier alpha value is -2.64. The van der Waals surface area contributed by atoms with E-state index in [9.17, 15) is 4.79 Å². The Morgan fingerprint density at radius 3 is 2.58 bits per heavy atom. The number of anilines is 1. The molecule has 7 heteroatoms. The zero-order valence-electron chi connectivity index (χ0n) is 18.0. The molecule has 0 saturated heterocycles. The van der Waals surface area contributed by atoms with Crippen molar-refractivity contribution in [2.24, 2.45) is 0 Å². The molecule has 1 amide bonds. The summed E-state index contributed by atoms with van der Waals surface area (Å²) in [5.74, 6) is 1.01. The van der Waals surface area contributed by atoms with Crippen LogP contribution in [0, 0.1) is 13.8 Å². The van der Waals surface area contributed by atoms with Gasteiger partial charge in [0, 0.05) is 35.9 Å². The van der Waals surface area contributed by atoms with E-state index in [4.69, 9.17) is 4.98 Å². The van der Waals surface area contributed by atoms with Crippen LogP contribution in [-0.2, 0) is 6.54 Å². The minimum Gasteiger partial charge on any atom is -0.337 e. The lowest BCUT2D eigenvalue weighted by atomic mass is 10.1. The van der Waals surface area contributed by atoms with E-state index in [1.54, 1.807) is 35.6 Å². The monoisotopic (exact) mass is 450 g/mol. The Kier molecular flexibility index (Phi) is 6.73. The summed E-state index contributed by atoms with van der Waals surface area (Å²) >= 11 is 3.37. The molecule has 0 radical (unpaired) electrons. The van der Waals surface area contributed by atoms with Crippen LogP contribution in [0.15, 0.2) is 60.0 Å². The molecule has 2 heterocycles. The van der Waals surface area contributed by atoms with Crippen molar-refractivity contribution < 1.29 is 4.79 Å². The molecule has 2 aromatic heterocycles. The predicted octanol–water partition coefficient (Wildman–Crippen LogP) is 5.96. The van der Waals surface area contributed by atoms with Crippen molar-refractivity contribution in [1.82, 2.24) is 14.5 Å². The van der Waals surface area contributed by atoms with Crippen molar-refractivity contribution in [3.05, 3.63) is 71.8 Å². The van der Waals surface area contributed by atoms with Crippen LogP contribution in [0.5, 0.6) is 0 Å². The van der Waals surface area contributed by atoms with Crippen molar-refractivity contribution in [2.45, 2.75) is 38.6 Å². The standard InChI is InChI=1S/C24H26N4OS2/c1-4-30-20-10-8-19(9-11-20)23(29)28(14-5-13-27-15-12-25-16-27)24-26-21-17(2)6-7-18(3)22(21)31-24/h6-12,15-16H,4-5,13-14H2,1-3H3. The van der Waals surface area contributed by atoms with Gasteiger partial charge in [0.2, 0.25) is 0 Å². The van der Waals surface area contributed by atoms with Gasteiger partial charge in [0.05, 0.1) is 16.5 Å². The van der Waals surface area contributed by atoms with E-state index in [2.05, 4.69) is 37.9 Å². The smallest absolute Gasteiger partial charge is 0.260 e. The van der Waals surface area contributed by atoms with Gasteiger partial charge in [-0.3, -0.25) is 9.69 Å². The number of nitrogens with zero attached hydrogens (tertiary/aromatic N) is 4. The first-order chi connectivity index (χ1) is 15.1. The topological polar surface area (TPSA) is 51.0 Å². The van der Waals surface area contributed by atoms with Gasteiger partial charge in [-0.2, -0.15) is 0 Å². The fraction of sp³-hybridized carbons (Fsp3) is 0.292. The maximum absolute atomic E-state index is 13.5. The number of thioether (sulfide) groups is 1. The summed E-state index contributed by atoms with van der Waals surface area (Å²) in [6.45, 7) is 7.70. The minimum atomic E-state index is -0.00644. The minimum absolute atomic E-state index is 0.00644. The largest absolute Gasteiger partial charge is 0.337 e. The molecule has 0 bridgehead atoms. The Morgan fingerprint density at radius 2 is 1.90 bits per heavy atom. The third kappa shape index (κ3) is 4.83. The number of aromatic nitrogens is 3. The first-order valence-corrected chi connectivity index (χ1v) is 12.2. The summed E-state index contributed by atoms with van der Waals surface area (Å²) in [5.41, 5.74) is 4.00. The Bertz CT molecular complexity index is 1130. The molecule has 0 N–H and O–H groups in total. The normalized spacial score (nSPS) is 11.2. The highest BCUT2D eigenvalue weighted by Gasteiger charge is 2.22. The van der Waals surface area contributed by atoms with Crippen molar-refractivity contribution in [3.8, 4) is 0 Å². The molecule has 2 aromatic carbocycles. The summed E-state index contributed by atoms with van der Waals surface area (Å²) in [5, 5.41) is 0.759. The molecule has 0 atom stereocenters. The number of thiazole rings is 1. The molecule has 5 nitrogen and oxygen atoms in total. The second-order valence-corrected chi connectivity index (χ2v) is 9.76. The highest BCUT2D eigenvalue weighted by molar-refractivity contribution is 7.99. The van der Waals surface area contributed by atoms with Crippen LogP contribution in [-0.4, -0.2) is 32.7 Å². The third-order valence-electron chi connectivity index (χ3n) is 5.18. The highest BCUT2D eigenvalue weighted by Crippen LogP contribution is 2.34. The van der Waals surface area contributed by atoms with Crippen LogP contribution in [0.2, 0.25) is 0 Å². The maximum Gasteiger partial charge on any atom is 0.260 e. The Balaban J connectivity index is 1.64. The fourth-order valence-electron chi connectivity index (χ4n) is 3.49. The molecule has 0 aliphatic rings. The first-order valence-electron chi connectivity index (χ1n) is 10.4. The molecule has 0 unspecified atom stereocenters. The van der Waals surface area contributed by atoms with Gasteiger partial charge in [-0.1, -0.05) is 30.4 Å². The average molecular weight is 451 g/mol. The second-order valence-electron chi connectivity index (χ2n) is 7.44. The van der Waals surface area contributed by atoms with Crippen LogP contribution in [0.1, 0.15) is 34.8 Å². The maximum atomic E-state index is 13.5. The van der Waals surface area contributed by atoms with Crippen molar-refractivity contribution in [3.63, 3.8) is 0 Å². The number of carbonyl (C=O) groups is 1. The molecule has 4 aromatic rings. The summed E-state index contributed by atoms with van der Waals surface area (Å²) in [4.78, 5) is 25.5. The molecule has 160 valence electrons. The van der Waals surface area contributed by atoms with E-state index in [-0.39, 0.29) is 5.91 Å². The van der Waals surface area contributed by atoms with Crippen molar-refractivity contribution in [2.75, 3.05) is 17.2 Å². The van der Waals surface area contributed by atoms with Gasteiger partial charge in [-0.15, -0.1) is 11.8 Å². The van der Waals surface area contributed by atoms with E-state index >= 15 is 0 Å². The number of fused-ring (bicyclic) bond motifs is 1. The molecule has 0 aliphatic carbocycles. The summed E-state index contributed by atoms with van der Waals surface area (Å²) in [6, 6.07) is 12.1. The number of hydrogen-bond donors (Lipinski definition) is 0. The van der Waals surface area contributed by atoms with Crippen LogP contribution >= 0.6 is 23.1 Å². The Morgan fingerprint density at radius 1 is 1.13 bits per heavy atom.